The molecule has 0 aliphatic rings. The van der Waals surface area contributed by atoms with Crippen molar-refractivity contribution in [2.45, 2.75) is 32.0 Å². The van der Waals surface area contributed by atoms with Crippen LogP contribution in [0, 0.1) is 25.2 Å². The van der Waals surface area contributed by atoms with Crippen molar-refractivity contribution in [3.63, 3.8) is 0 Å². The summed E-state index contributed by atoms with van der Waals surface area (Å²) in [5, 5.41) is 18.4. The van der Waals surface area contributed by atoms with Crippen LogP contribution < -0.4 is 4.90 Å². The van der Waals surface area contributed by atoms with Gasteiger partial charge in [-0.3, -0.25) is 9.36 Å². The van der Waals surface area contributed by atoms with E-state index in [1.54, 1.807) is 11.2 Å². The van der Waals surface area contributed by atoms with E-state index in [4.69, 9.17) is 9.68 Å². The van der Waals surface area contributed by atoms with Crippen LogP contribution in [0.25, 0.3) is 11.6 Å². The second-order valence-electron chi connectivity index (χ2n) is 7.87. The van der Waals surface area contributed by atoms with Gasteiger partial charge in [-0.2, -0.15) is 5.26 Å². The molecule has 4 rings (SSSR count). The van der Waals surface area contributed by atoms with Gasteiger partial charge in [-0.15, -0.1) is 10.2 Å². The number of amides is 1. The molecular formula is C26H25N5O2S. The predicted octanol–water partition coefficient (Wildman–Crippen LogP) is 5.24. The van der Waals surface area contributed by atoms with Crippen LogP contribution >= 0.6 is 11.8 Å². The van der Waals surface area contributed by atoms with E-state index < -0.39 is 0 Å². The lowest BCUT2D eigenvalue weighted by molar-refractivity contribution is -0.116. The molecule has 0 aliphatic heterocycles. The van der Waals surface area contributed by atoms with Crippen molar-refractivity contribution in [2.24, 2.45) is 0 Å². The number of hydrogen-bond acceptors (Lipinski definition) is 6. The smallest absolute Gasteiger partial charge is 0.237 e. The molecule has 2 aromatic heterocycles. The molecule has 0 unspecified atom stereocenters. The van der Waals surface area contributed by atoms with Crippen molar-refractivity contribution in [3.05, 3.63) is 83.6 Å². The first kappa shape index (κ1) is 23.3. The van der Waals surface area contributed by atoms with E-state index in [0.29, 0.717) is 29.8 Å². The first-order valence-corrected chi connectivity index (χ1v) is 11.9. The molecule has 0 fully saturated rings. The van der Waals surface area contributed by atoms with Gasteiger partial charge in [0.25, 0.3) is 0 Å². The lowest BCUT2D eigenvalue weighted by Gasteiger charge is -2.22. The summed E-state index contributed by atoms with van der Waals surface area (Å²) in [7, 11) is 0. The number of rotatable bonds is 9. The maximum absolute atomic E-state index is 13.2. The molecule has 0 radical (unpaired) electrons. The number of nitriles is 1. The molecule has 4 aromatic rings. The minimum Gasteiger partial charge on any atom is -0.461 e. The molecule has 172 valence electrons. The Morgan fingerprint density at radius 3 is 2.62 bits per heavy atom. The number of furan rings is 1. The van der Waals surface area contributed by atoms with Gasteiger partial charge >= 0.3 is 0 Å². The molecule has 7 nitrogen and oxygen atoms in total. The van der Waals surface area contributed by atoms with Gasteiger partial charge in [0.2, 0.25) is 11.7 Å². The van der Waals surface area contributed by atoms with Crippen LogP contribution in [0.2, 0.25) is 0 Å². The highest BCUT2D eigenvalue weighted by Gasteiger charge is 2.21. The highest BCUT2D eigenvalue weighted by molar-refractivity contribution is 7.99. The second-order valence-corrected chi connectivity index (χ2v) is 8.81. The molecule has 0 bridgehead atoms. The van der Waals surface area contributed by atoms with Crippen molar-refractivity contribution in [2.75, 3.05) is 17.2 Å². The van der Waals surface area contributed by atoms with Gasteiger partial charge in [-0.1, -0.05) is 48.2 Å². The van der Waals surface area contributed by atoms with Crippen LogP contribution in [0.4, 0.5) is 5.69 Å². The summed E-state index contributed by atoms with van der Waals surface area (Å²) in [5.74, 6) is 1.31. The number of nitrogens with zero attached hydrogens (tertiary/aromatic N) is 5. The Labute approximate surface area is 203 Å². The van der Waals surface area contributed by atoms with Crippen molar-refractivity contribution in [1.29, 1.82) is 5.26 Å². The van der Waals surface area contributed by atoms with E-state index in [2.05, 4.69) is 16.3 Å². The van der Waals surface area contributed by atoms with Crippen molar-refractivity contribution < 1.29 is 9.21 Å². The maximum atomic E-state index is 13.2. The number of benzene rings is 2. The third-order valence-electron chi connectivity index (χ3n) is 5.52. The first-order chi connectivity index (χ1) is 16.6. The monoisotopic (exact) mass is 471 g/mol. The van der Waals surface area contributed by atoms with Crippen LogP contribution in [0.15, 0.2) is 76.5 Å². The first-order valence-electron chi connectivity index (χ1n) is 10.9. The van der Waals surface area contributed by atoms with Crippen LogP contribution in [-0.2, 0) is 11.3 Å². The lowest BCUT2D eigenvalue weighted by Crippen LogP contribution is -2.33. The quantitative estimate of drug-likeness (QED) is 0.310. The Bertz CT molecular complexity index is 1290. The third kappa shape index (κ3) is 5.38. The lowest BCUT2D eigenvalue weighted by atomic mass is 10.1. The van der Waals surface area contributed by atoms with Gasteiger partial charge in [0.15, 0.2) is 10.9 Å². The largest absolute Gasteiger partial charge is 0.461 e. The zero-order valence-corrected chi connectivity index (χ0v) is 20.0. The van der Waals surface area contributed by atoms with E-state index in [-0.39, 0.29) is 18.1 Å². The molecule has 0 atom stereocenters. The molecule has 2 aromatic carbocycles. The SMILES string of the molecule is Cc1ccc(N(CCC#N)C(=O)CSc2nnc(-c3ccco3)n2Cc2ccccc2)cc1C. The number of carbonyl (C=O) groups excluding carboxylic acids is 1. The Kier molecular flexibility index (Phi) is 7.45. The van der Waals surface area contributed by atoms with Crippen molar-refractivity contribution in [3.8, 4) is 17.7 Å². The summed E-state index contributed by atoms with van der Waals surface area (Å²) in [4.78, 5) is 14.9. The third-order valence-corrected chi connectivity index (χ3v) is 6.47. The van der Waals surface area contributed by atoms with E-state index >= 15 is 0 Å². The fourth-order valence-corrected chi connectivity index (χ4v) is 4.36. The summed E-state index contributed by atoms with van der Waals surface area (Å²) in [6.07, 6.45) is 1.86. The topological polar surface area (TPSA) is 87.9 Å². The number of anilines is 1. The highest BCUT2D eigenvalue weighted by Crippen LogP contribution is 2.27. The molecule has 0 saturated carbocycles. The van der Waals surface area contributed by atoms with Gasteiger partial charge in [0.1, 0.15) is 0 Å². The molecule has 0 N–H and O–H groups in total. The Balaban J connectivity index is 1.57. The van der Waals surface area contributed by atoms with Gasteiger partial charge in [-0.25, -0.2) is 0 Å². The van der Waals surface area contributed by atoms with E-state index in [1.807, 2.05) is 79.1 Å². The van der Waals surface area contributed by atoms with Crippen molar-refractivity contribution >= 4 is 23.4 Å². The molecule has 0 saturated heterocycles. The van der Waals surface area contributed by atoms with Gasteiger partial charge < -0.3 is 9.32 Å². The van der Waals surface area contributed by atoms with E-state index in [0.717, 1.165) is 22.4 Å². The summed E-state index contributed by atoms with van der Waals surface area (Å²) >= 11 is 1.33. The normalized spacial score (nSPS) is 10.7. The number of thioether (sulfide) groups is 1. The Morgan fingerprint density at radius 2 is 1.91 bits per heavy atom. The van der Waals surface area contributed by atoms with Crippen LogP contribution in [0.5, 0.6) is 0 Å². The number of aromatic nitrogens is 3. The van der Waals surface area contributed by atoms with Gasteiger partial charge in [-0.05, 0) is 54.8 Å². The van der Waals surface area contributed by atoms with E-state index in [1.165, 1.54) is 11.8 Å². The fraction of sp³-hybridized carbons (Fsp3) is 0.231. The standard InChI is InChI=1S/C26H25N5O2S/c1-19-11-12-22(16-20(19)2)30(14-7-13-27)24(32)18-34-26-29-28-25(23-10-6-15-33-23)31(26)17-21-8-4-3-5-9-21/h3-6,8-12,15-16H,7,14,17-18H2,1-2H3. The molecule has 0 spiro atoms. The fourth-order valence-electron chi connectivity index (χ4n) is 3.55. The maximum Gasteiger partial charge on any atom is 0.237 e. The second kappa shape index (κ2) is 10.9. The Hall–Kier alpha value is -3.83. The zero-order valence-electron chi connectivity index (χ0n) is 19.1. The predicted molar refractivity (Wildman–Crippen MR) is 132 cm³/mol. The van der Waals surface area contributed by atoms with Crippen LogP contribution in [-0.4, -0.2) is 33.0 Å². The number of hydrogen-bond donors (Lipinski definition) is 0. The van der Waals surface area contributed by atoms with E-state index in [9.17, 15) is 4.79 Å². The number of carbonyl (C=O) groups is 1. The summed E-state index contributed by atoms with van der Waals surface area (Å²) in [6.45, 7) is 4.94. The molecule has 2 heterocycles. The van der Waals surface area contributed by atoms with Crippen LogP contribution in [0.1, 0.15) is 23.1 Å². The summed E-state index contributed by atoms with van der Waals surface area (Å²) in [5.41, 5.74) is 4.15. The summed E-state index contributed by atoms with van der Waals surface area (Å²) < 4.78 is 7.52. The molecule has 34 heavy (non-hydrogen) atoms. The van der Waals surface area contributed by atoms with Crippen LogP contribution in [0.3, 0.4) is 0 Å². The van der Waals surface area contributed by atoms with Gasteiger partial charge in [0.05, 0.1) is 31.1 Å². The van der Waals surface area contributed by atoms with Crippen molar-refractivity contribution in [1.82, 2.24) is 14.8 Å². The highest BCUT2D eigenvalue weighted by atomic mass is 32.2. The minimum atomic E-state index is -0.0858. The van der Waals surface area contributed by atoms with Gasteiger partial charge in [0, 0.05) is 12.2 Å². The average Bonchev–Trinajstić information content (AvgIpc) is 3.51. The molecule has 0 aliphatic carbocycles. The average molecular weight is 472 g/mol. The number of aryl methyl sites for hydroxylation is 2. The Morgan fingerprint density at radius 1 is 1.09 bits per heavy atom. The molecule has 1 amide bonds. The summed E-state index contributed by atoms with van der Waals surface area (Å²) in [6, 6.07) is 21.7. The molecule has 8 heteroatoms. The molecular weight excluding hydrogens is 446 g/mol. The zero-order chi connectivity index (χ0) is 23.9. The minimum absolute atomic E-state index is 0.0858.